The quantitative estimate of drug-likeness (QED) is 0.598. The predicted octanol–water partition coefficient (Wildman–Crippen LogP) is 1.94. The van der Waals surface area contributed by atoms with Crippen molar-refractivity contribution in [3.63, 3.8) is 0 Å². The maximum Gasteiger partial charge on any atom is 0.223 e. The van der Waals surface area contributed by atoms with E-state index in [0.717, 1.165) is 36.1 Å². The highest BCUT2D eigenvalue weighted by Crippen LogP contribution is 2.29. The molecule has 2 heterocycles. The van der Waals surface area contributed by atoms with Gasteiger partial charge < -0.3 is 11.1 Å². The molecule has 1 aromatic heterocycles. The summed E-state index contributed by atoms with van der Waals surface area (Å²) in [5, 5.41) is 4.69. The van der Waals surface area contributed by atoms with E-state index >= 15 is 0 Å². The summed E-state index contributed by atoms with van der Waals surface area (Å²) in [6.07, 6.45) is 1.09. The van der Waals surface area contributed by atoms with E-state index in [1.54, 1.807) is 0 Å². The van der Waals surface area contributed by atoms with Crippen molar-refractivity contribution in [2.24, 2.45) is 0 Å². The molecule has 0 bridgehead atoms. The van der Waals surface area contributed by atoms with Crippen LogP contribution in [0.2, 0.25) is 5.28 Å². The number of benzene rings is 1. The van der Waals surface area contributed by atoms with Gasteiger partial charge in [-0.2, -0.15) is 0 Å². The first kappa shape index (κ1) is 10.7. The molecular weight excluding hydrogens is 236 g/mol. The number of nitrogens with zero attached hydrogens (tertiary/aromatic N) is 2. The van der Waals surface area contributed by atoms with Crippen molar-refractivity contribution in [3.05, 3.63) is 29.2 Å². The number of nitrogens with two attached hydrogens (primary N) is 1. The second-order valence-corrected chi connectivity index (χ2v) is 4.68. The van der Waals surface area contributed by atoms with E-state index < -0.39 is 0 Å². The normalized spacial score (nSPS) is 19.9. The van der Waals surface area contributed by atoms with Gasteiger partial charge >= 0.3 is 0 Å². The minimum Gasteiger partial charge on any atom is -0.399 e. The Bertz CT molecular complexity index is 558. The lowest BCUT2D eigenvalue weighted by Crippen LogP contribution is -2.09. The zero-order valence-corrected chi connectivity index (χ0v) is 10.0. The lowest BCUT2D eigenvalue weighted by molar-refractivity contribution is 0.740. The number of nitrogens with one attached hydrogen (secondary N) is 1. The van der Waals surface area contributed by atoms with Gasteiger partial charge in [-0.3, -0.25) is 0 Å². The highest BCUT2D eigenvalue weighted by atomic mass is 35.5. The van der Waals surface area contributed by atoms with E-state index in [2.05, 4.69) is 15.3 Å². The third kappa shape index (κ3) is 1.94. The molecule has 0 spiro atoms. The summed E-state index contributed by atoms with van der Waals surface area (Å²) in [5.41, 5.74) is 8.32. The molecule has 0 amide bonds. The standard InChI is InChI=1S/C12H13ClN4/c13-12-16-10-5-8(14)1-2-9(10)11(17-12)7-3-4-15-6-7/h1-2,5,7,15H,3-4,6,14H2. The SMILES string of the molecule is Nc1ccc2c(C3CCNC3)nc(Cl)nc2c1. The Morgan fingerprint density at radius 2 is 2.24 bits per heavy atom. The van der Waals surface area contributed by atoms with E-state index in [1.807, 2.05) is 18.2 Å². The second-order valence-electron chi connectivity index (χ2n) is 4.34. The number of fused-ring (bicyclic) bond motifs is 1. The highest BCUT2D eigenvalue weighted by molar-refractivity contribution is 6.28. The van der Waals surface area contributed by atoms with E-state index in [4.69, 9.17) is 17.3 Å². The summed E-state index contributed by atoms with van der Waals surface area (Å²) in [7, 11) is 0. The van der Waals surface area contributed by atoms with Gasteiger partial charge in [0.15, 0.2) is 0 Å². The van der Waals surface area contributed by atoms with Gasteiger partial charge in [0.1, 0.15) is 0 Å². The minimum absolute atomic E-state index is 0.296. The summed E-state index contributed by atoms with van der Waals surface area (Å²) in [6.45, 7) is 1.98. The maximum atomic E-state index is 5.97. The van der Waals surface area contributed by atoms with Crippen LogP contribution in [-0.2, 0) is 0 Å². The number of halogens is 1. The lowest BCUT2D eigenvalue weighted by atomic mass is 10.00. The number of anilines is 1. The van der Waals surface area contributed by atoms with Crippen LogP contribution < -0.4 is 11.1 Å². The molecule has 1 fully saturated rings. The number of nitrogen functional groups attached to an aromatic ring is 1. The molecule has 1 atom stereocenters. The average molecular weight is 249 g/mol. The zero-order valence-electron chi connectivity index (χ0n) is 9.28. The summed E-state index contributed by atoms with van der Waals surface area (Å²) in [5.74, 6) is 0.418. The molecule has 0 radical (unpaired) electrons. The first-order valence-electron chi connectivity index (χ1n) is 5.67. The highest BCUT2D eigenvalue weighted by Gasteiger charge is 2.21. The molecule has 0 aliphatic carbocycles. The number of hydrogen-bond donors (Lipinski definition) is 2. The molecule has 3 N–H and O–H groups in total. The van der Waals surface area contributed by atoms with Crippen LogP contribution in [0.3, 0.4) is 0 Å². The van der Waals surface area contributed by atoms with Crippen LogP contribution in [-0.4, -0.2) is 23.1 Å². The number of hydrogen-bond acceptors (Lipinski definition) is 4. The van der Waals surface area contributed by atoms with E-state index in [9.17, 15) is 0 Å². The molecule has 4 nitrogen and oxygen atoms in total. The van der Waals surface area contributed by atoms with Gasteiger partial charge in [0, 0.05) is 23.5 Å². The molecule has 1 saturated heterocycles. The van der Waals surface area contributed by atoms with Crippen molar-refractivity contribution in [1.82, 2.24) is 15.3 Å². The molecule has 2 aromatic rings. The summed E-state index contributed by atoms with van der Waals surface area (Å²) in [6, 6.07) is 5.70. The Kier molecular flexibility index (Phi) is 2.61. The van der Waals surface area contributed by atoms with Crippen molar-refractivity contribution < 1.29 is 0 Å². The predicted molar refractivity (Wildman–Crippen MR) is 69.2 cm³/mol. The van der Waals surface area contributed by atoms with Crippen molar-refractivity contribution in [2.45, 2.75) is 12.3 Å². The molecular formula is C12H13ClN4. The van der Waals surface area contributed by atoms with Crippen LogP contribution in [0.25, 0.3) is 10.9 Å². The largest absolute Gasteiger partial charge is 0.399 e. The first-order chi connectivity index (χ1) is 8.24. The maximum absolute atomic E-state index is 5.97. The van der Waals surface area contributed by atoms with Crippen LogP contribution >= 0.6 is 11.6 Å². The van der Waals surface area contributed by atoms with Crippen molar-refractivity contribution in [2.75, 3.05) is 18.8 Å². The molecule has 1 aliphatic rings. The number of rotatable bonds is 1. The van der Waals surface area contributed by atoms with E-state index in [1.165, 1.54) is 0 Å². The molecule has 5 heteroatoms. The monoisotopic (exact) mass is 248 g/mol. The zero-order chi connectivity index (χ0) is 11.8. The van der Waals surface area contributed by atoms with Crippen molar-refractivity contribution >= 4 is 28.2 Å². The first-order valence-corrected chi connectivity index (χ1v) is 6.05. The summed E-state index contributed by atoms with van der Waals surface area (Å²) >= 11 is 5.97. The molecule has 17 heavy (non-hydrogen) atoms. The molecule has 3 rings (SSSR count). The fourth-order valence-corrected chi connectivity index (χ4v) is 2.52. The van der Waals surface area contributed by atoms with E-state index in [0.29, 0.717) is 16.9 Å². The number of aromatic nitrogens is 2. The lowest BCUT2D eigenvalue weighted by Gasteiger charge is -2.11. The average Bonchev–Trinajstić information content (AvgIpc) is 2.80. The van der Waals surface area contributed by atoms with Crippen LogP contribution in [0.1, 0.15) is 18.0 Å². The van der Waals surface area contributed by atoms with Gasteiger partial charge in [-0.25, -0.2) is 9.97 Å². The van der Waals surface area contributed by atoms with Gasteiger partial charge in [0.05, 0.1) is 11.2 Å². The minimum atomic E-state index is 0.296. The molecule has 0 saturated carbocycles. The van der Waals surface area contributed by atoms with Crippen LogP contribution in [0.15, 0.2) is 18.2 Å². The van der Waals surface area contributed by atoms with Gasteiger partial charge in [0.25, 0.3) is 0 Å². The molecule has 88 valence electrons. The fourth-order valence-electron chi connectivity index (χ4n) is 2.34. The fraction of sp³-hybridized carbons (Fsp3) is 0.333. The second kappa shape index (κ2) is 4.13. The summed E-state index contributed by atoms with van der Waals surface area (Å²) < 4.78 is 0. The van der Waals surface area contributed by atoms with Gasteiger partial charge in [0.2, 0.25) is 5.28 Å². The Morgan fingerprint density at radius 1 is 1.35 bits per heavy atom. The Labute approximate surface area is 104 Å². The van der Waals surface area contributed by atoms with E-state index in [-0.39, 0.29) is 0 Å². The smallest absolute Gasteiger partial charge is 0.223 e. The Balaban J connectivity index is 2.21. The Hall–Kier alpha value is -1.39. The third-order valence-electron chi connectivity index (χ3n) is 3.17. The van der Waals surface area contributed by atoms with Gasteiger partial charge in [-0.1, -0.05) is 0 Å². The topological polar surface area (TPSA) is 63.8 Å². The molecule has 1 unspecified atom stereocenters. The van der Waals surface area contributed by atoms with Gasteiger partial charge in [-0.05, 0) is 42.8 Å². The summed E-state index contributed by atoms with van der Waals surface area (Å²) in [4.78, 5) is 8.61. The molecule has 1 aromatic carbocycles. The molecule has 1 aliphatic heterocycles. The van der Waals surface area contributed by atoms with Crippen molar-refractivity contribution in [1.29, 1.82) is 0 Å². The van der Waals surface area contributed by atoms with Gasteiger partial charge in [-0.15, -0.1) is 0 Å². The van der Waals surface area contributed by atoms with Crippen LogP contribution in [0.4, 0.5) is 5.69 Å². The van der Waals surface area contributed by atoms with Crippen LogP contribution in [0.5, 0.6) is 0 Å². The van der Waals surface area contributed by atoms with Crippen molar-refractivity contribution in [3.8, 4) is 0 Å². The Morgan fingerprint density at radius 3 is 3.00 bits per heavy atom. The third-order valence-corrected chi connectivity index (χ3v) is 3.34. The van der Waals surface area contributed by atoms with Crippen LogP contribution in [0, 0.1) is 0 Å².